The van der Waals surface area contributed by atoms with Gasteiger partial charge in [0.05, 0.1) is 0 Å². The standard InChI is InChI=1S/C10H7F2N3OS/c1-5-14-15-10(17-5)13-9(16)6-2-3-7(11)8(12)4-6/h2-4H,1H3,(H,13,15,16). The molecule has 0 aliphatic carbocycles. The van der Waals surface area contributed by atoms with Crippen molar-refractivity contribution in [1.82, 2.24) is 10.2 Å². The van der Waals surface area contributed by atoms with E-state index in [4.69, 9.17) is 0 Å². The van der Waals surface area contributed by atoms with Crippen LogP contribution in [0.15, 0.2) is 18.2 Å². The number of nitrogens with zero attached hydrogens (tertiary/aromatic N) is 2. The summed E-state index contributed by atoms with van der Waals surface area (Å²) in [6.45, 7) is 1.74. The summed E-state index contributed by atoms with van der Waals surface area (Å²) in [6.07, 6.45) is 0. The lowest BCUT2D eigenvalue weighted by Gasteiger charge is -2.01. The van der Waals surface area contributed by atoms with E-state index in [0.29, 0.717) is 10.1 Å². The van der Waals surface area contributed by atoms with Gasteiger partial charge in [-0.25, -0.2) is 8.78 Å². The summed E-state index contributed by atoms with van der Waals surface area (Å²) < 4.78 is 25.6. The number of hydrogen-bond donors (Lipinski definition) is 1. The first-order valence-corrected chi connectivity index (χ1v) is 5.44. The Morgan fingerprint density at radius 3 is 2.65 bits per heavy atom. The lowest BCUT2D eigenvalue weighted by Crippen LogP contribution is -2.12. The van der Waals surface area contributed by atoms with Crippen LogP contribution in [0.3, 0.4) is 0 Å². The molecule has 1 aromatic carbocycles. The molecule has 1 aromatic heterocycles. The van der Waals surface area contributed by atoms with Crippen molar-refractivity contribution in [2.75, 3.05) is 5.32 Å². The molecule has 0 aliphatic heterocycles. The largest absolute Gasteiger partial charge is 0.296 e. The lowest BCUT2D eigenvalue weighted by molar-refractivity contribution is 0.102. The van der Waals surface area contributed by atoms with Crippen LogP contribution in [-0.2, 0) is 0 Å². The van der Waals surface area contributed by atoms with Crippen molar-refractivity contribution in [1.29, 1.82) is 0 Å². The zero-order valence-electron chi connectivity index (χ0n) is 8.70. The van der Waals surface area contributed by atoms with Gasteiger partial charge in [0.25, 0.3) is 5.91 Å². The van der Waals surface area contributed by atoms with E-state index in [2.05, 4.69) is 15.5 Å². The van der Waals surface area contributed by atoms with Crippen LogP contribution in [0, 0.1) is 18.6 Å². The van der Waals surface area contributed by atoms with Crippen LogP contribution < -0.4 is 5.32 Å². The topological polar surface area (TPSA) is 54.9 Å². The lowest BCUT2D eigenvalue weighted by atomic mass is 10.2. The number of aromatic nitrogens is 2. The number of carbonyl (C=O) groups excluding carboxylic acids is 1. The van der Waals surface area contributed by atoms with Crippen molar-refractivity contribution < 1.29 is 13.6 Å². The predicted octanol–water partition coefficient (Wildman–Crippen LogP) is 2.38. The van der Waals surface area contributed by atoms with Crippen LogP contribution >= 0.6 is 11.3 Å². The van der Waals surface area contributed by atoms with E-state index in [-0.39, 0.29) is 5.56 Å². The monoisotopic (exact) mass is 255 g/mol. The molecule has 2 aromatic rings. The first-order valence-electron chi connectivity index (χ1n) is 4.63. The molecule has 0 unspecified atom stereocenters. The second kappa shape index (κ2) is 4.54. The molecular weight excluding hydrogens is 248 g/mol. The molecule has 1 heterocycles. The Hall–Kier alpha value is -1.89. The van der Waals surface area contributed by atoms with Gasteiger partial charge in [0, 0.05) is 5.56 Å². The molecule has 0 aliphatic rings. The number of anilines is 1. The number of rotatable bonds is 2. The van der Waals surface area contributed by atoms with Crippen molar-refractivity contribution in [3.8, 4) is 0 Å². The highest BCUT2D eigenvalue weighted by atomic mass is 32.1. The molecule has 4 nitrogen and oxygen atoms in total. The van der Waals surface area contributed by atoms with Gasteiger partial charge >= 0.3 is 0 Å². The number of nitrogens with one attached hydrogen (secondary N) is 1. The second-order valence-electron chi connectivity index (χ2n) is 3.21. The average molecular weight is 255 g/mol. The minimum absolute atomic E-state index is 0.0248. The molecule has 17 heavy (non-hydrogen) atoms. The Labute approximate surface area is 99.3 Å². The molecule has 0 spiro atoms. The van der Waals surface area contributed by atoms with Crippen LogP contribution in [0.2, 0.25) is 0 Å². The van der Waals surface area contributed by atoms with Crippen molar-refractivity contribution >= 4 is 22.4 Å². The highest BCUT2D eigenvalue weighted by Gasteiger charge is 2.11. The summed E-state index contributed by atoms with van der Waals surface area (Å²) in [7, 11) is 0. The highest BCUT2D eigenvalue weighted by molar-refractivity contribution is 7.15. The van der Waals surface area contributed by atoms with Gasteiger partial charge in [-0.1, -0.05) is 11.3 Å². The molecule has 2 rings (SSSR count). The van der Waals surface area contributed by atoms with E-state index in [0.717, 1.165) is 12.1 Å². The van der Waals surface area contributed by atoms with Crippen molar-refractivity contribution in [3.63, 3.8) is 0 Å². The van der Waals surface area contributed by atoms with Crippen LogP contribution in [0.5, 0.6) is 0 Å². The quantitative estimate of drug-likeness (QED) is 0.896. The maximum Gasteiger partial charge on any atom is 0.257 e. The van der Waals surface area contributed by atoms with Crippen molar-refractivity contribution in [3.05, 3.63) is 40.4 Å². The van der Waals surface area contributed by atoms with Gasteiger partial charge in [-0.3, -0.25) is 10.1 Å². The van der Waals surface area contributed by atoms with Crippen molar-refractivity contribution in [2.45, 2.75) is 6.92 Å². The second-order valence-corrected chi connectivity index (χ2v) is 4.39. The van der Waals surface area contributed by atoms with Gasteiger partial charge in [0.1, 0.15) is 5.01 Å². The molecule has 7 heteroatoms. The van der Waals surface area contributed by atoms with Gasteiger partial charge < -0.3 is 0 Å². The maximum absolute atomic E-state index is 12.9. The van der Waals surface area contributed by atoms with E-state index in [9.17, 15) is 13.6 Å². The van der Waals surface area contributed by atoms with Crippen LogP contribution in [0.1, 0.15) is 15.4 Å². The third kappa shape index (κ3) is 2.62. The number of benzene rings is 1. The Bertz CT molecular complexity index is 570. The number of halogens is 2. The van der Waals surface area contributed by atoms with E-state index in [1.54, 1.807) is 6.92 Å². The van der Waals surface area contributed by atoms with Gasteiger partial charge in [0.2, 0.25) is 5.13 Å². The van der Waals surface area contributed by atoms with Crippen LogP contribution in [0.25, 0.3) is 0 Å². The Morgan fingerprint density at radius 1 is 1.29 bits per heavy atom. The van der Waals surface area contributed by atoms with Gasteiger partial charge in [-0.05, 0) is 25.1 Å². The summed E-state index contributed by atoms with van der Waals surface area (Å²) in [5.41, 5.74) is 0.0248. The van der Waals surface area contributed by atoms with E-state index in [1.807, 2.05) is 0 Å². The van der Waals surface area contributed by atoms with Gasteiger partial charge in [-0.2, -0.15) is 0 Å². The zero-order valence-corrected chi connectivity index (χ0v) is 9.52. The fourth-order valence-corrected chi connectivity index (χ4v) is 1.74. The van der Waals surface area contributed by atoms with E-state index < -0.39 is 17.5 Å². The molecule has 0 radical (unpaired) electrons. The summed E-state index contributed by atoms with van der Waals surface area (Å²) in [6, 6.07) is 2.93. The summed E-state index contributed by atoms with van der Waals surface area (Å²) in [5, 5.41) is 10.9. The average Bonchev–Trinajstić information content (AvgIpc) is 2.68. The number of amides is 1. The van der Waals surface area contributed by atoms with Crippen molar-refractivity contribution in [2.24, 2.45) is 0 Å². The Kier molecular flexibility index (Phi) is 3.10. The Morgan fingerprint density at radius 2 is 2.06 bits per heavy atom. The summed E-state index contributed by atoms with van der Waals surface area (Å²) in [5.74, 6) is -2.61. The van der Waals surface area contributed by atoms with Gasteiger partial charge in [0.15, 0.2) is 11.6 Å². The Balaban J connectivity index is 2.17. The highest BCUT2D eigenvalue weighted by Crippen LogP contribution is 2.15. The summed E-state index contributed by atoms with van der Waals surface area (Å²) >= 11 is 1.20. The van der Waals surface area contributed by atoms with Gasteiger partial charge in [-0.15, -0.1) is 10.2 Å². The normalized spacial score (nSPS) is 10.3. The fraction of sp³-hybridized carbons (Fsp3) is 0.100. The molecule has 0 atom stereocenters. The number of carbonyl (C=O) groups is 1. The third-order valence-electron chi connectivity index (χ3n) is 1.93. The minimum Gasteiger partial charge on any atom is -0.296 e. The van der Waals surface area contributed by atoms with Crippen LogP contribution in [0.4, 0.5) is 13.9 Å². The third-order valence-corrected chi connectivity index (χ3v) is 2.68. The first-order chi connectivity index (χ1) is 8.06. The predicted molar refractivity (Wildman–Crippen MR) is 59.0 cm³/mol. The molecule has 0 saturated carbocycles. The molecular formula is C10H7F2N3OS. The van der Waals surface area contributed by atoms with Crippen LogP contribution in [-0.4, -0.2) is 16.1 Å². The fourth-order valence-electron chi connectivity index (χ4n) is 1.15. The smallest absolute Gasteiger partial charge is 0.257 e. The number of hydrogen-bond acceptors (Lipinski definition) is 4. The minimum atomic E-state index is -1.06. The summed E-state index contributed by atoms with van der Waals surface area (Å²) in [4.78, 5) is 11.6. The molecule has 1 amide bonds. The molecule has 0 saturated heterocycles. The molecule has 0 bridgehead atoms. The number of aryl methyl sites for hydroxylation is 1. The molecule has 88 valence electrons. The first kappa shape index (κ1) is 11.6. The zero-order chi connectivity index (χ0) is 12.4. The van der Waals surface area contributed by atoms with E-state index >= 15 is 0 Å². The maximum atomic E-state index is 12.9. The SMILES string of the molecule is Cc1nnc(NC(=O)c2ccc(F)c(F)c2)s1. The van der Waals surface area contributed by atoms with E-state index in [1.165, 1.54) is 17.4 Å². The molecule has 0 fully saturated rings. The molecule has 1 N–H and O–H groups in total.